The van der Waals surface area contributed by atoms with Gasteiger partial charge in [-0.3, -0.25) is 0 Å². The summed E-state index contributed by atoms with van der Waals surface area (Å²) in [6.07, 6.45) is 7.59. The maximum Gasteiger partial charge on any atom is 0.341 e. The van der Waals surface area contributed by atoms with Gasteiger partial charge >= 0.3 is 6.00 Å². The molecule has 0 spiro atoms. The molecule has 0 amide bonds. The Morgan fingerprint density at radius 2 is 1.24 bits per heavy atom. The van der Waals surface area contributed by atoms with Crippen LogP contribution in [0.1, 0.15) is 38.5 Å². The lowest BCUT2D eigenvalue weighted by Gasteiger charge is -2.16. The van der Waals surface area contributed by atoms with Crippen molar-refractivity contribution in [1.82, 2.24) is 0 Å². The van der Waals surface area contributed by atoms with E-state index in [2.05, 4.69) is 25.4 Å². The first-order valence-electron chi connectivity index (χ1n) is 6.47. The van der Waals surface area contributed by atoms with E-state index in [1.165, 1.54) is 38.1 Å². The van der Waals surface area contributed by atoms with Gasteiger partial charge in [0.1, 0.15) is 0 Å². The van der Waals surface area contributed by atoms with E-state index in [4.69, 9.17) is 33.2 Å². The van der Waals surface area contributed by atoms with Crippen LogP contribution in [0, 0.1) is 0 Å². The molecule has 0 unspecified atom stereocenters. The molecule has 0 saturated heterocycles. The number of rotatable bonds is 10. The molecular formula is C12H25Cl3Si2. The van der Waals surface area contributed by atoms with Crippen molar-refractivity contribution in [1.29, 1.82) is 0 Å². The Morgan fingerprint density at radius 1 is 0.824 bits per heavy atom. The highest BCUT2D eigenvalue weighted by atomic mass is 35.8. The van der Waals surface area contributed by atoms with Gasteiger partial charge in [0.15, 0.2) is 0 Å². The topological polar surface area (TPSA) is 0 Å². The molecule has 102 valence electrons. The molecular weight excluding hydrogens is 307 g/mol. The Hall–Kier alpha value is 1.04. The molecule has 0 atom stereocenters. The van der Waals surface area contributed by atoms with Crippen LogP contribution in [0.5, 0.6) is 0 Å². The summed E-state index contributed by atoms with van der Waals surface area (Å²) in [7, 11) is -1.06. The normalized spacial score (nSPS) is 12.8. The second kappa shape index (κ2) is 9.03. The third-order valence-electron chi connectivity index (χ3n) is 3.08. The fraction of sp³-hybridized carbons (Fsp3) is 0.833. The maximum absolute atomic E-state index is 5.83. The standard InChI is InChI=1S/C12H25Cl3Si2/c1-4-16(2,3)11-9-7-5-6-8-10-12-17(13,14)15/h4H,1,5-12H2,2-3H3. The van der Waals surface area contributed by atoms with Crippen molar-refractivity contribution in [2.24, 2.45) is 0 Å². The van der Waals surface area contributed by atoms with Crippen molar-refractivity contribution < 1.29 is 0 Å². The number of halogens is 3. The third kappa shape index (κ3) is 13.3. The van der Waals surface area contributed by atoms with Crippen LogP contribution in [0.4, 0.5) is 0 Å². The fourth-order valence-electron chi connectivity index (χ4n) is 1.72. The molecule has 0 N–H and O–H groups in total. The molecule has 0 saturated carbocycles. The Bertz CT molecular complexity index is 212. The summed E-state index contributed by atoms with van der Waals surface area (Å²) < 4.78 is 0. The number of hydrogen-bond acceptors (Lipinski definition) is 0. The van der Waals surface area contributed by atoms with E-state index in [-0.39, 0.29) is 0 Å². The molecule has 0 aromatic carbocycles. The van der Waals surface area contributed by atoms with Crippen LogP contribution >= 0.6 is 33.2 Å². The zero-order chi connectivity index (χ0) is 13.4. The van der Waals surface area contributed by atoms with E-state index in [0.29, 0.717) is 0 Å². The Labute approximate surface area is 123 Å². The van der Waals surface area contributed by atoms with Crippen molar-refractivity contribution in [3.63, 3.8) is 0 Å². The molecule has 0 radical (unpaired) electrons. The van der Waals surface area contributed by atoms with E-state index in [0.717, 1.165) is 12.5 Å². The largest absolute Gasteiger partial charge is 0.341 e. The second-order valence-electron chi connectivity index (χ2n) is 5.43. The summed E-state index contributed by atoms with van der Waals surface area (Å²) in [5.41, 5.74) is 2.19. The van der Waals surface area contributed by atoms with E-state index in [1.807, 2.05) is 0 Å². The molecule has 0 aliphatic rings. The highest BCUT2D eigenvalue weighted by Gasteiger charge is 2.23. The van der Waals surface area contributed by atoms with Crippen LogP contribution < -0.4 is 0 Å². The van der Waals surface area contributed by atoms with Crippen molar-refractivity contribution in [3.8, 4) is 0 Å². The van der Waals surface area contributed by atoms with Gasteiger partial charge < -0.3 is 0 Å². The van der Waals surface area contributed by atoms with Crippen LogP contribution in [-0.4, -0.2) is 14.1 Å². The van der Waals surface area contributed by atoms with Crippen LogP contribution in [0.25, 0.3) is 0 Å². The summed E-state index contributed by atoms with van der Waals surface area (Å²) >= 11 is 17.5. The molecule has 0 aliphatic carbocycles. The van der Waals surface area contributed by atoms with Gasteiger partial charge in [0.25, 0.3) is 0 Å². The predicted molar refractivity (Wildman–Crippen MR) is 88.3 cm³/mol. The summed E-state index contributed by atoms with van der Waals surface area (Å²) in [6, 6.07) is -0.165. The first-order valence-corrected chi connectivity index (χ1v) is 15.0. The van der Waals surface area contributed by atoms with Gasteiger partial charge in [-0.05, 0) is 6.04 Å². The van der Waals surface area contributed by atoms with Gasteiger partial charge in [-0.2, -0.15) is 0 Å². The molecule has 0 nitrogen and oxygen atoms in total. The quantitative estimate of drug-likeness (QED) is 0.246. The molecule has 0 aromatic rings. The molecule has 5 heteroatoms. The Balaban J connectivity index is 3.28. The SMILES string of the molecule is C=C[Si](C)(C)CCCCCCCC[Si](Cl)(Cl)Cl. The molecule has 0 heterocycles. The lowest BCUT2D eigenvalue weighted by Crippen LogP contribution is -2.21. The van der Waals surface area contributed by atoms with Crippen LogP contribution in [0.15, 0.2) is 12.3 Å². The van der Waals surface area contributed by atoms with Crippen LogP contribution in [0.3, 0.4) is 0 Å². The van der Waals surface area contributed by atoms with Crippen LogP contribution in [-0.2, 0) is 0 Å². The van der Waals surface area contributed by atoms with Gasteiger partial charge in [0.05, 0.1) is 8.07 Å². The molecule has 0 fully saturated rings. The summed E-state index contributed by atoms with van der Waals surface area (Å²) in [5.74, 6) is 0. The highest BCUT2D eigenvalue weighted by molar-refractivity contribution is 7.64. The fourth-order valence-corrected chi connectivity index (χ4v) is 4.93. The highest BCUT2D eigenvalue weighted by Crippen LogP contribution is 2.27. The van der Waals surface area contributed by atoms with Crippen molar-refractivity contribution in [2.75, 3.05) is 0 Å². The average molecular weight is 332 g/mol. The predicted octanol–water partition coefficient (Wildman–Crippen LogP) is 6.42. The van der Waals surface area contributed by atoms with Gasteiger partial charge in [-0.1, -0.05) is 57.7 Å². The summed E-state index contributed by atoms with van der Waals surface area (Å²) in [6.45, 7) is 8.68. The minimum Gasteiger partial charge on any atom is -0.126 e. The monoisotopic (exact) mass is 330 g/mol. The molecule has 0 bridgehead atoms. The van der Waals surface area contributed by atoms with Crippen molar-refractivity contribution in [2.45, 2.75) is 63.7 Å². The summed E-state index contributed by atoms with van der Waals surface area (Å²) in [5, 5.41) is 0. The maximum atomic E-state index is 5.83. The van der Waals surface area contributed by atoms with E-state index in [9.17, 15) is 0 Å². The number of hydrogen-bond donors (Lipinski definition) is 0. The zero-order valence-electron chi connectivity index (χ0n) is 11.1. The zero-order valence-corrected chi connectivity index (χ0v) is 15.3. The van der Waals surface area contributed by atoms with Crippen molar-refractivity contribution in [3.05, 3.63) is 12.3 Å². The Kier molecular flexibility index (Phi) is 9.58. The second-order valence-corrected chi connectivity index (χ2v) is 19.6. The minimum atomic E-state index is -2.35. The van der Waals surface area contributed by atoms with Gasteiger partial charge in [-0.25, -0.2) is 0 Å². The smallest absolute Gasteiger partial charge is 0.126 e. The Morgan fingerprint density at radius 3 is 1.65 bits per heavy atom. The first-order chi connectivity index (χ1) is 7.77. The first kappa shape index (κ1) is 18.0. The summed E-state index contributed by atoms with van der Waals surface area (Å²) in [4.78, 5) is 0. The minimum absolute atomic E-state index is 0.814. The van der Waals surface area contributed by atoms with Crippen LogP contribution in [0.2, 0.25) is 25.2 Å². The lowest BCUT2D eigenvalue weighted by molar-refractivity contribution is 0.622. The molecule has 0 aromatic heterocycles. The molecule has 0 aliphatic heterocycles. The van der Waals surface area contributed by atoms with Gasteiger partial charge in [-0.15, -0.1) is 45.5 Å². The van der Waals surface area contributed by atoms with Gasteiger partial charge in [0, 0.05) is 0 Å². The molecule has 17 heavy (non-hydrogen) atoms. The van der Waals surface area contributed by atoms with E-state index < -0.39 is 14.1 Å². The third-order valence-corrected chi connectivity index (χ3v) is 8.45. The van der Waals surface area contributed by atoms with E-state index in [1.54, 1.807) is 0 Å². The number of unbranched alkanes of at least 4 members (excludes halogenated alkanes) is 5. The van der Waals surface area contributed by atoms with Gasteiger partial charge in [0.2, 0.25) is 0 Å². The average Bonchev–Trinajstić information content (AvgIpc) is 2.20. The lowest BCUT2D eigenvalue weighted by atomic mass is 10.1. The van der Waals surface area contributed by atoms with E-state index >= 15 is 0 Å². The molecule has 0 rings (SSSR count). The van der Waals surface area contributed by atoms with Crippen molar-refractivity contribution >= 4 is 47.3 Å².